The normalized spacial score (nSPS) is 11.2. The van der Waals surface area contributed by atoms with Crippen molar-refractivity contribution < 1.29 is 9.84 Å². The third-order valence-electron chi connectivity index (χ3n) is 3.32. The van der Waals surface area contributed by atoms with Crippen molar-refractivity contribution in [3.05, 3.63) is 42.7 Å². The highest BCUT2D eigenvalue weighted by atomic mass is 16.5. The van der Waals surface area contributed by atoms with Crippen LogP contribution in [0.4, 0.5) is 0 Å². The molecule has 1 aromatic rings. The molecule has 0 heterocycles. The van der Waals surface area contributed by atoms with Crippen LogP contribution in [0.2, 0.25) is 0 Å². The Bertz CT molecular complexity index is 346. The van der Waals surface area contributed by atoms with Crippen molar-refractivity contribution in [1.82, 2.24) is 0 Å². The molecular weight excluding hydrogens is 260 g/mol. The van der Waals surface area contributed by atoms with Crippen molar-refractivity contribution in [2.24, 2.45) is 5.92 Å². The zero-order valence-electron chi connectivity index (χ0n) is 14.0. The van der Waals surface area contributed by atoms with E-state index in [1.54, 1.807) is 0 Å². The highest BCUT2D eigenvalue weighted by Crippen LogP contribution is 2.21. The summed E-state index contributed by atoms with van der Waals surface area (Å²) in [5, 5.41) is 9.48. The van der Waals surface area contributed by atoms with Crippen LogP contribution in [0.5, 0.6) is 5.75 Å². The molecule has 0 fully saturated rings. The fraction of sp³-hybridized carbons (Fsp3) is 0.579. The quantitative estimate of drug-likeness (QED) is 0.414. The Morgan fingerprint density at radius 2 is 1.76 bits per heavy atom. The van der Waals surface area contributed by atoms with E-state index in [-0.39, 0.29) is 5.92 Å². The SMILES string of the molecule is C=C(O)C(CCC)CCCCCOc1ccccc1.CC. The van der Waals surface area contributed by atoms with E-state index in [4.69, 9.17) is 4.74 Å². The summed E-state index contributed by atoms with van der Waals surface area (Å²) in [4.78, 5) is 0. The molecule has 1 N–H and O–H groups in total. The zero-order chi connectivity index (χ0) is 15.9. The van der Waals surface area contributed by atoms with Crippen LogP contribution in [0.1, 0.15) is 59.3 Å². The van der Waals surface area contributed by atoms with Gasteiger partial charge in [-0.05, 0) is 31.4 Å². The smallest absolute Gasteiger partial charge is 0.119 e. The van der Waals surface area contributed by atoms with Gasteiger partial charge in [0, 0.05) is 5.92 Å². The molecule has 1 unspecified atom stereocenters. The van der Waals surface area contributed by atoms with Crippen molar-refractivity contribution >= 4 is 0 Å². The Morgan fingerprint density at radius 1 is 1.10 bits per heavy atom. The first kappa shape index (κ1) is 19.6. The van der Waals surface area contributed by atoms with Crippen LogP contribution in [0.3, 0.4) is 0 Å². The van der Waals surface area contributed by atoms with Gasteiger partial charge in [0.15, 0.2) is 0 Å². The van der Waals surface area contributed by atoms with Crippen LogP contribution in [-0.4, -0.2) is 11.7 Å². The molecule has 0 aliphatic rings. The minimum atomic E-state index is 0.278. The average Bonchev–Trinajstić information content (AvgIpc) is 2.52. The molecule has 2 heteroatoms. The second-order valence-corrected chi connectivity index (χ2v) is 4.99. The molecule has 1 aromatic carbocycles. The molecule has 0 aliphatic heterocycles. The molecule has 1 atom stereocenters. The van der Waals surface area contributed by atoms with Crippen molar-refractivity contribution in [3.8, 4) is 5.75 Å². The summed E-state index contributed by atoms with van der Waals surface area (Å²) in [7, 11) is 0. The molecule has 120 valence electrons. The number of hydrogen-bond acceptors (Lipinski definition) is 2. The number of benzene rings is 1. The Kier molecular flexibility index (Phi) is 12.6. The Morgan fingerprint density at radius 3 is 2.33 bits per heavy atom. The van der Waals surface area contributed by atoms with E-state index in [2.05, 4.69) is 13.5 Å². The number of aliphatic hydroxyl groups is 1. The average molecular weight is 292 g/mol. The van der Waals surface area contributed by atoms with Gasteiger partial charge in [0.25, 0.3) is 0 Å². The standard InChI is InChI=1S/C17H26O2.C2H6/c1-3-10-16(15(2)18)11-6-5-9-14-19-17-12-7-4-8-13-17;1-2/h4,7-8,12-13,16,18H,2-3,5-6,9-11,14H2,1H3;1-2H3. The lowest BCUT2D eigenvalue weighted by atomic mass is 9.95. The number of ether oxygens (including phenoxy) is 1. The third kappa shape index (κ3) is 10.0. The predicted molar refractivity (Wildman–Crippen MR) is 91.9 cm³/mol. The molecule has 0 spiro atoms. The van der Waals surface area contributed by atoms with Gasteiger partial charge in [-0.2, -0.15) is 0 Å². The molecule has 0 aromatic heterocycles. The van der Waals surface area contributed by atoms with Gasteiger partial charge in [-0.1, -0.05) is 64.8 Å². The summed E-state index contributed by atoms with van der Waals surface area (Å²) >= 11 is 0. The van der Waals surface area contributed by atoms with E-state index in [1.807, 2.05) is 44.2 Å². The Labute approximate surface area is 130 Å². The van der Waals surface area contributed by atoms with Crippen LogP contribution in [0.25, 0.3) is 0 Å². The fourth-order valence-electron chi connectivity index (χ4n) is 2.20. The number of aliphatic hydroxyl groups excluding tert-OH is 1. The Balaban J connectivity index is 0.00000191. The summed E-state index contributed by atoms with van der Waals surface area (Å²) in [6, 6.07) is 9.91. The highest BCUT2D eigenvalue weighted by Gasteiger charge is 2.09. The van der Waals surface area contributed by atoms with Crippen molar-refractivity contribution in [2.75, 3.05) is 6.61 Å². The van der Waals surface area contributed by atoms with Crippen molar-refractivity contribution in [1.29, 1.82) is 0 Å². The summed E-state index contributed by atoms with van der Waals surface area (Å²) in [5.74, 6) is 1.57. The molecule has 0 radical (unpaired) electrons. The second kappa shape index (κ2) is 13.5. The van der Waals surface area contributed by atoms with Gasteiger partial charge in [-0.25, -0.2) is 0 Å². The van der Waals surface area contributed by atoms with Gasteiger partial charge in [0.1, 0.15) is 5.75 Å². The third-order valence-corrected chi connectivity index (χ3v) is 3.32. The summed E-state index contributed by atoms with van der Waals surface area (Å²) in [5.41, 5.74) is 0. The molecular formula is C19H32O2. The maximum atomic E-state index is 9.48. The molecule has 0 saturated heterocycles. The largest absolute Gasteiger partial charge is 0.513 e. The van der Waals surface area contributed by atoms with Crippen LogP contribution in [-0.2, 0) is 0 Å². The van der Waals surface area contributed by atoms with E-state index in [9.17, 15) is 5.11 Å². The van der Waals surface area contributed by atoms with E-state index in [0.717, 1.165) is 50.9 Å². The first-order chi connectivity index (χ1) is 10.2. The van der Waals surface area contributed by atoms with E-state index < -0.39 is 0 Å². The van der Waals surface area contributed by atoms with Gasteiger partial charge in [0.2, 0.25) is 0 Å². The first-order valence-corrected chi connectivity index (χ1v) is 8.29. The molecule has 0 saturated carbocycles. The molecule has 0 amide bonds. The van der Waals surface area contributed by atoms with Crippen LogP contribution in [0, 0.1) is 5.92 Å². The topological polar surface area (TPSA) is 29.5 Å². The molecule has 0 aliphatic carbocycles. The van der Waals surface area contributed by atoms with Gasteiger partial charge in [0.05, 0.1) is 12.4 Å². The number of para-hydroxylation sites is 1. The number of rotatable bonds is 10. The monoisotopic (exact) mass is 292 g/mol. The summed E-state index contributed by atoms with van der Waals surface area (Å²) in [6.45, 7) is 10.6. The van der Waals surface area contributed by atoms with Crippen LogP contribution >= 0.6 is 0 Å². The minimum absolute atomic E-state index is 0.278. The lowest BCUT2D eigenvalue weighted by Gasteiger charge is -2.14. The number of allylic oxidation sites excluding steroid dienone is 1. The second-order valence-electron chi connectivity index (χ2n) is 4.99. The highest BCUT2D eigenvalue weighted by molar-refractivity contribution is 5.20. The molecule has 21 heavy (non-hydrogen) atoms. The maximum Gasteiger partial charge on any atom is 0.119 e. The lowest BCUT2D eigenvalue weighted by molar-refractivity contribution is 0.287. The fourth-order valence-corrected chi connectivity index (χ4v) is 2.20. The molecule has 1 rings (SSSR count). The zero-order valence-corrected chi connectivity index (χ0v) is 14.0. The van der Waals surface area contributed by atoms with Crippen molar-refractivity contribution in [2.45, 2.75) is 59.3 Å². The number of unbranched alkanes of at least 4 members (excludes halogenated alkanes) is 2. The maximum absolute atomic E-state index is 9.48. The minimum Gasteiger partial charge on any atom is -0.513 e. The van der Waals surface area contributed by atoms with Gasteiger partial charge in [-0.15, -0.1) is 0 Å². The molecule has 0 bridgehead atoms. The van der Waals surface area contributed by atoms with Crippen LogP contribution in [0.15, 0.2) is 42.7 Å². The van der Waals surface area contributed by atoms with Gasteiger partial charge in [-0.3, -0.25) is 0 Å². The number of hydrogen-bond donors (Lipinski definition) is 1. The lowest BCUT2D eigenvalue weighted by Crippen LogP contribution is -2.03. The van der Waals surface area contributed by atoms with Crippen LogP contribution < -0.4 is 4.74 Å². The molecule has 2 nitrogen and oxygen atoms in total. The first-order valence-electron chi connectivity index (χ1n) is 8.29. The van der Waals surface area contributed by atoms with Gasteiger partial charge >= 0.3 is 0 Å². The van der Waals surface area contributed by atoms with E-state index in [1.165, 1.54) is 0 Å². The Hall–Kier alpha value is -1.44. The van der Waals surface area contributed by atoms with E-state index >= 15 is 0 Å². The van der Waals surface area contributed by atoms with Gasteiger partial charge < -0.3 is 9.84 Å². The summed E-state index contributed by atoms with van der Waals surface area (Å²) < 4.78 is 5.64. The van der Waals surface area contributed by atoms with E-state index in [0.29, 0.717) is 5.76 Å². The predicted octanol–water partition coefficient (Wildman–Crippen LogP) is 6.14. The van der Waals surface area contributed by atoms with Crippen molar-refractivity contribution in [3.63, 3.8) is 0 Å². The summed E-state index contributed by atoms with van der Waals surface area (Å²) in [6.07, 6.45) is 6.50.